The second-order valence-electron chi connectivity index (χ2n) is 3.53. The number of benzene rings is 1. The van der Waals surface area contributed by atoms with Crippen molar-refractivity contribution in [2.24, 2.45) is 0 Å². The molecule has 0 heteroatoms. The number of hydrogen-bond donors (Lipinski definition) is 0. The Balaban J connectivity index is 0. The van der Waals surface area contributed by atoms with Gasteiger partial charge in [-0.05, 0) is 32.3 Å². The van der Waals surface area contributed by atoms with Gasteiger partial charge in [-0.3, -0.25) is 0 Å². The van der Waals surface area contributed by atoms with Crippen LogP contribution in [0.1, 0.15) is 53.5 Å². The Morgan fingerprint density at radius 1 is 1.00 bits per heavy atom. The van der Waals surface area contributed by atoms with Crippen molar-refractivity contribution in [2.45, 2.75) is 54.4 Å². The van der Waals surface area contributed by atoms with Crippen LogP contribution in [0.5, 0.6) is 0 Å². The fourth-order valence-electron chi connectivity index (χ4n) is 1.12. The molecule has 0 saturated heterocycles. The zero-order valence-corrected chi connectivity index (χ0v) is 11.9. The first-order chi connectivity index (χ1) is 7.70. The van der Waals surface area contributed by atoms with E-state index in [0.717, 1.165) is 6.42 Å². The monoisotopic (exact) mass is 220 g/mol. The van der Waals surface area contributed by atoms with E-state index in [1.54, 1.807) is 0 Å². The van der Waals surface area contributed by atoms with Crippen LogP contribution in [-0.4, -0.2) is 0 Å². The van der Waals surface area contributed by atoms with E-state index in [1.165, 1.54) is 17.6 Å². The standard InChI is InChI=1S/C8H10.C6H12.C2H6/c1-2-8-6-4-3-5-7-8;1-4-5-6(2)3;1-2/h3-7H,2H2,1H3;5H,4H2,1-3H3;1-2H3. The van der Waals surface area contributed by atoms with Crippen molar-refractivity contribution >= 4 is 0 Å². The molecule has 0 aliphatic rings. The van der Waals surface area contributed by atoms with Crippen molar-refractivity contribution in [3.05, 3.63) is 47.5 Å². The van der Waals surface area contributed by atoms with Gasteiger partial charge in [0.1, 0.15) is 0 Å². The average molecular weight is 220 g/mol. The van der Waals surface area contributed by atoms with E-state index in [0.29, 0.717) is 0 Å². The summed E-state index contributed by atoms with van der Waals surface area (Å²) < 4.78 is 0. The third kappa shape index (κ3) is 13.0. The van der Waals surface area contributed by atoms with Gasteiger partial charge in [-0.15, -0.1) is 0 Å². The third-order valence-electron chi connectivity index (χ3n) is 1.86. The zero-order chi connectivity index (χ0) is 12.8. The Kier molecular flexibility index (Phi) is 15.1. The van der Waals surface area contributed by atoms with Crippen molar-refractivity contribution in [2.75, 3.05) is 0 Å². The molecule has 1 aromatic carbocycles. The van der Waals surface area contributed by atoms with Gasteiger partial charge in [0.05, 0.1) is 0 Å². The van der Waals surface area contributed by atoms with E-state index in [-0.39, 0.29) is 0 Å². The van der Waals surface area contributed by atoms with Crippen LogP contribution in [0.15, 0.2) is 42.0 Å². The molecule has 0 aromatic heterocycles. The minimum Gasteiger partial charge on any atom is -0.0862 e. The van der Waals surface area contributed by atoms with E-state index in [1.807, 2.05) is 19.9 Å². The van der Waals surface area contributed by atoms with Crippen LogP contribution in [-0.2, 0) is 6.42 Å². The second-order valence-corrected chi connectivity index (χ2v) is 3.53. The molecule has 0 bridgehead atoms. The molecule has 0 N–H and O–H groups in total. The maximum absolute atomic E-state index is 2.21. The summed E-state index contributed by atoms with van der Waals surface area (Å²) in [6, 6.07) is 10.5. The van der Waals surface area contributed by atoms with E-state index in [4.69, 9.17) is 0 Å². The van der Waals surface area contributed by atoms with E-state index in [2.05, 4.69) is 58.0 Å². The number of rotatable bonds is 2. The van der Waals surface area contributed by atoms with Crippen LogP contribution in [0, 0.1) is 0 Å². The number of aryl methyl sites for hydroxylation is 1. The molecule has 0 unspecified atom stereocenters. The van der Waals surface area contributed by atoms with Crippen molar-refractivity contribution < 1.29 is 0 Å². The smallest absolute Gasteiger partial charge is 0.0307 e. The summed E-state index contributed by atoms with van der Waals surface area (Å²) in [5, 5.41) is 0. The highest BCUT2D eigenvalue weighted by Gasteiger charge is 1.79. The predicted octanol–water partition coefficient (Wildman–Crippen LogP) is 5.64. The largest absolute Gasteiger partial charge is 0.0862 e. The molecular formula is C16H28. The summed E-state index contributed by atoms with van der Waals surface area (Å²) in [6.45, 7) is 12.5. The Morgan fingerprint density at radius 3 is 1.69 bits per heavy atom. The van der Waals surface area contributed by atoms with Crippen LogP contribution in [0.4, 0.5) is 0 Å². The van der Waals surface area contributed by atoms with Gasteiger partial charge >= 0.3 is 0 Å². The van der Waals surface area contributed by atoms with E-state index in [9.17, 15) is 0 Å². The molecule has 0 spiro atoms. The molecule has 0 atom stereocenters. The normalized spacial score (nSPS) is 7.88. The Hall–Kier alpha value is -1.04. The summed E-state index contributed by atoms with van der Waals surface area (Å²) in [5.74, 6) is 0. The maximum Gasteiger partial charge on any atom is -0.0307 e. The van der Waals surface area contributed by atoms with Gasteiger partial charge in [-0.1, -0.05) is 69.7 Å². The molecule has 0 saturated carbocycles. The second kappa shape index (κ2) is 14.0. The molecule has 0 fully saturated rings. The van der Waals surface area contributed by atoms with Gasteiger partial charge in [-0.2, -0.15) is 0 Å². The van der Waals surface area contributed by atoms with Crippen LogP contribution < -0.4 is 0 Å². The SMILES string of the molecule is CC.CCC=C(C)C.CCc1ccccc1. The van der Waals surface area contributed by atoms with Gasteiger partial charge in [0.25, 0.3) is 0 Å². The first kappa shape index (κ1) is 17.4. The Bertz CT molecular complexity index is 240. The van der Waals surface area contributed by atoms with Gasteiger partial charge in [0, 0.05) is 0 Å². The van der Waals surface area contributed by atoms with Gasteiger partial charge in [-0.25, -0.2) is 0 Å². The van der Waals surface area contributed by atoms with Crippen LogP contribution >= 0.6 is 0 Å². The first-order valence-corrected chi connectivity index (χ1v) is 6.38. The Labute approximate surface area is 102 Å². The summed E-state index contributed by atoms with van der Waals surface area (Å²) in [6.07, 6.45) is 4.52. The molecule has 0 aliphatic heterocycles. The Morgan fingerprint density at radius 2 is 1.50 bits per heavy atom. The van der Waals surface area contributed by atoms with Crippen LogP contribution in [0.25, 0.3) is 0 Å². The summed E-state index contributed by atoms with van der Waals surface area (Å²) in [5.41, 5.74) is 2.82. The minimum atomic E-state index is 1.14. The average Bonchev–Trinajstić information content (AvgIpc) is 2.33. The molecule has 0 radical (unpaired) electrons. The van der Waals surface area contributed by atoms with Gasteiger partial charge in [0.2, 0.25) is 0 Å². The molecule has 0 heterocycles. The molecule has 16 heavy (non-hydrogen) atoms. The van der Waals surface area contributed by atoms with E-state index >= 15 is 0 Å². The van der Waals surface area contributed by atoms with Crippen molar-refractivity contribution in [3.63, 3.8) is 0 Å². The zero-order valence-electron chi connectivity index (χ0n) is 11.9. The molecular weight excluding hydrogens is 192 g/mol. The van der Waals surface area contributed by atoms with Gasteiger partial charge < -0.3 is 0 Å². The van der Waals surface area contributed by atoms with Crippen molar-refractivity contribution in [3.8, 4) is 0 Å². The fraction of sp³-hybridized carbons (Fsp3) is 0.500. The number of hydrogen-bond acceptors (Lipinski definition) is 0. The topological polar surface area (TPSA) is 0 Å². The lowest BCUT2D eigenvalue weighted by atomic mass is 10.2. The summed E-state index contributed by atoms with van der Waals surface area (Å²) in [4.78, 5) is 0. The molecule has 92 valence electrons. The summed E-state index contributed by atoms with van der Waals surface area (Å²) >= 11 is 0. The van der Waals surface area contributed by atoms with Crippen molar-refractivity contribution in [1.29, 1.82) is 0 Å². The van der Waals surface area contributed by atoms with Crippen LogP contribution in [0.2, 0.25) is 0 Å². The van der Waals surface area contributed by atoms with Gasteiger partial charge in [0.15, 0.2) is 0 Å². The predicted molar refractivity (Wildman–Crippen MR) is 76.9 cm³/mol. The maximum atomic E-state index is 2.21. The van der Waals surface area contributed by atoms with Crippen LogP contribution in [0.3, 0.4) is 0 Å². The fourth-order valence-corrected chi connectivity index (χ4v) is 1.12. The molecule has 1 aromatic rings. The molecule has 0 aliphatic carbocycles. The highest BCUT2D eigenvalue weighted by molar-refractivity contribution is 5.13. The minimum absolute atomic E-state index is 1.14. The lowest BCUT2D eigenvalue weighted by Crippen LogP contribution is -1.73. The highest BCUT2D eigenvalue weighted by Crippen LogP contribution is 1.96. The highest BCUT2D eigenvalue weighted by atomic mass is 13.9. The third-order valence-corrected chi connectivity index (χ3v) is 1.86. The van der Waals surface area contributed by atoms with E-state index < -0.39 is 0 Å². The lowest BCUT2D eigenvalue weighted by Gasteiger charge is -1.89. The first-order valence-electron chi connectivity index (χ1n) is 6.38. The quantitative estimate of drug-likeness (QED) is 0.566. The van der Waals surface area contributed by atoms with Crippen molar-refractivity contribution in [1.82, 2.24) is 0 Å². The number of allylic oxidation sites excluding steroid dienone is 2. The lowest BCUT2D eigenvalue weighted by molar-refractivity contribution is 1.14. The summed E-state index contributed by atoms with van der Waals surface area (Å²) in [7, 11) is 0. The molecule has 0 amide bonds. The molecule has 1 rings (SSSR count). The molecule has 0 nitrogen and oxygen atoms in total.